The molecule has 1 unspecified atom stereocenters. The summed E-state index contributed by atoms with van der Waals surface area (Å²) in [6, 6.07) is 8.72. The molecule has 1 aliphatic heterocycles. The van der Waals surface area contributed by atoms with Gasteiger partial charge < -0.3 is 14.8 Å². The van der Waals surface area contributed by atoms with Gasteiger partial charge in [0, 0.05) is 34.3 Å². The van der Waals surface area contributed by atoms with Crippen LogP contribution in [0.25, 0.3) is 0 Å². The molecule has 5 atom stereocenters. The van der Waals surface area contributed by atoms with E-state index < -0.39 is 39.1 Å². The largest absolute Gasteiger partial charge is 0.364 e. The van der Waals surface area contributed by atoms with Crippen molar-refractivity contribution in [2.45, 2.75) is 55.7 Å². The van der Waals surface area contributed by atoms with Gasteiger partial charge in [-0.25, -0.2) is 15.1 Å². The van der Waals surface area contributed by atoms with E-state index in [0.29, 0.717) is 24.0 Å². The first-order valence-electron chi connectivity index (χ1n) is 13.1. The van der Waals surface area contributed by atoms with Crippen molar-refractivity contribution in [1.82, 2.24) is 19.7 Å². The second-order valence-corrected chi connectivity index (χ2v) is 14.1. The molecule has 3 heterocycles. The van der Waals surface area contributed by atoms with Crippen molar-refractivity contribution in [1.29, 1.82) is 0 Å². The topological polar surface area (TPSA) is 178 Å². The Labute approximate surface area is 254 Å². The maximum atomic E-state index is 13.5. The van der Waals surface area contributed by atoms with E-state index in [4.69, 9.17) is 18.8 Å². The first-order chi connectivity index (χ1) is 19.9. The second-order valence-electron chi connectivity index (χ2n) is 10.5. The van der Waals surface area contributed by atoms with Crippen molar-refractivity contribution in [3.63, 3.8) is 0 Å². The number of ether oxygens (including phenoxy) is 2. The van der Waals surface area contributed by atoms with E-state index in [2.05, 4.69) is 36.3 Å². The Morgan fingerprint density at radius 2 is 2.07 bits per heavy atom. The van der Waals surface area contributed by atoms with Gasteiger partial charge in [0.25, 0.3) is 0 Å². The van der Waals surface area contributed by atoms with Gasteiger partial charge in [-0.15, -0.1) is 0 Å². The first-order valence-corrected chi connectivity index (χ1v) is 17.0. The molecule has 1 aliphatic carbocycles. The van der Waals surface area contributed by atoms with Crippen molar-refractivity contribution in [2.75, 3.05) is 23.0 Å². The number of alkyl halides is 1. The average molecular weight is 684 g/mol. The lowest BCUT2D eigenvalue weighted by molar-refractivity contribution is -0.158. The van der Waals surface area contributed by atoms with Crippen LogP contribution in [0.1, 0.15) is 41.9 Å². The molecule has 16 heteroatoms. The molecular weight excluding hydrogens is 652 g/mol. The van der Waals surface area contributed by atoms with Gasteiger partial charge in [-0.05, 0) is 44.0 Å². The SMILES string of the molecule is CC1(C)O[C@@H]2[C@@H](COS(N)(=O)=O)C[C@@H](Nc3ncncc3C(=O)c3ccn(Cc4cccc(S(=O)CCBr)c4)n3)[C@@H]2O1. The summed E-state index contributed by atoms with van der Waals surface area (Å²) in [7, 11) is -5.23. The van der Waals surface area contributed by atoms with Crippen molar-refractivity contribution < 1.29 is 31.1 Å². The third-order valence-corrected chi connectivity index (χ3v) is 9.69. The summed E-state index contributed by atoms with van der Waals surface area (Å²) in [6.45, 7) is 3.77. The molecule has 1 aromatic carbocycles. The number of fused-ring (bicyclic) bond motifs is 1. The number of nitrogens with two attached hydrogens (primary N) is 1. The molecule has 3 N–H and O–H groups in total. The molecule has 1 saturated heterocycles. The Hall–Kier alpha value is -2.60. The van der Waals surface area contributed by atoms with Crippen LogP contribution in [-0.2, 0) is 41.3 Å². The lowest BCUT2D eigenvalue weighted by Gasteiger charge is -2.24. The number of ketones is 1. The van der Waals surface area contributed by atoms with Crippen LogP contribution in [-0.4, -0.2) is 79.9 Å². The number of nitrogens with one attached hydrogen (secondary N) is 1. The maximum absolute atomic E-state index is 13.5. The fraction of sp³-hybridized carbons (Fsp3) is 0.462. The number of hydrogen-bond acceptors (Lipinski definition) is 11. The van der Waals surface area contributed by atoms with Gasteiger partial charge in [0.1, 0.15) is 23.9 Å². The minimum atomic E-state index is -4.13. The zero-order valence-electron chi connectivity index (χ0n) is 22.9. The lowest BCUT2D eigenvalue weighted by Crippen LogP contribution is -2.35. The highest BCUT2D eigenvalue weighted by atomic mass is 79.9. The molecule has 42 heavy (non-hydrogen) atoms. The van der Waals surface area contributed by atoms with E-state index in [0.717, 1.165) is 10.5 Å². The number of carbonyl (C=O) groups excluding carboxylic acids is 1. The quantitative estimate of drug-likeness (QED) is 0.211. The summed E-state index contributed by atoms with van der Waals surface area (Å²) < 4.78 is 53.8. The number of carbonyl (C=O) groups is 1. The van der Waals surface area contributed by atoms with Crippen LogP contribution >= 0.6 is 15.9 Å². The molecule has 0 bridgehead atoms. The van der Waals surface area contributed by atoms with Gasteiger partial charge in [0.05, 0.1) is 41.7 Å². The summed E-state index contributed by atoms with van der Waals surface area (Å²) in [6.07, 6.45) is 3.97. The van der Waals surface area contributed by atoms with Crippen molar-refractivity contribution in [3.05, 3.63) is 65.9 Å². The van der Waals surface area contributed by atoms with Gasteiger partial charge in [0.15, 0.2) is 5.79 Å². The normalized spacial score (nSPS) is 23.9. The second kappa shape index (κ2) is 12.6. The number of aromatic nitrogens is 4. The van der Waals surface area contributed by atoms with Crippen LogP contribution in [0, 0.1) is 5.92 Å². The summed E-state index contributed by atoms with van der Waals surface area (Å²) >= 11 is 3.32. The summed E-state index contributed by atoms with van der Waals surface area (Å²) in [5.74, 6) is -0.800. The minimum absolute atomic E-state index is 0.167. The van der Waals surface area contributed by atoms with Gasteiger partial charge in [-0.2, -0.15) is 13.5 Å². The first kappa shape index (κ1) is 30.8. The Morgan fingerprint density at radius 1 is 1.29 bits per heavy atom. The Bertz CT molecular complexity index is 1580. The lowest BCUT2D eigenvalue weighted by atomic mass is 10.1. The fourth-order valence-electron chi connectivity index (χ4n) is 5.23. The molecule has 226 valence electrons. The number of nitrogens with zero attached hydrogens (tertiary/aromatic N) is 4. The molecule has 3 aromatic rings. The molecule has 2 fully saturated rings. The Morgan fingerprint density at radius 3 is 2.83 bits per heavy atom. The average Bonchev–Trinajstić information content (AvgIpc) is 3.61. The van der Waals surface area contributed by atoms with Gasteiger partial charge >= 0.3 is 10.3 Å². The van der Waals surface area contributed by atoms with E-state index in [1.54, 1.807) is 30.8 Å². The van der Waals surface area contributed by atoms with Crippen LogP contribution in [0.5, 0.6) is 0 Å². The van der Waals surface area contributed by atoms with Gasteiger partial charge in [0.2, 0.25) is 5.78 Å². The van der Waals surface area contributed by atoms with E-state index in [-0.39, 0.29) is 41.4 Å². The number of hydrogen-bond donors (Lipinski definition) is 2. The third kappa shape index (κ3) is 7.30. The molecule has 5 rings (SSSR count). The zero-order chi connectivity index (χ0) is 30.1. The Kier molecular flexibility index (Phi) is 9.22. The molecule has 0 radical (unpaired) electrons. The van der Waals surface area contributed by atoms with Crippen LogP contribution < -0.4 is 10.5 Å². The number of halogens is 1. The Balaban J connectivity index is 1.31. The molecular formula is C26H31BrN6O7S2. The van der Waals surface area contributed by atoms with Gasteiger partial charge in [-0.1, -0.05) is 28.1 Å². The monoisotopic (exact) mass is 682 g/mol. The molecule has 13 nitrogen and oxygen atoms in total. The molecule has 1 saturated carbocycles. The summed E-state index contributed by atoms with van der Waals surface area (Å²) in [5.41, 5.74) is 1.33. The van der Waals surface area contributed by atoms with E-state index in [9.17, 15) is 17.4 Å². The van der Waals surface area contributed by atoms with Crippen molar-refractivity contribution in [3.8, 4) is 0 Å². The fourth-order valence-corrected chi connectivity index (χ4v) is 7.36. The maximum Gasteiger partial charge on any atom is 0.333 e. The highest BCUT2D eigenvalue weighted by Gasteiger charge is 2.54. The number of rotatable bonds is 12. The molecule has 0 spiro atoms. The van der Waals surface area contributed by atoms with Crippen LogP contribution in [0.2, 0.25) is 0 Å². The molecule has 2 aromatic heterocycles. The van der Waals surface area contributed by atoms with Crippen LogP contribution in [0.3, 0.4) is 0 Å². The van der Waals surface area contributed by atoms with Crippen LogP contribution in [0.4, 0.5) is 5.82 Å². The highest BCUT2D eigenvalue weighted by Crippen LogP contribution is 2.43. The third-order valence-electron chi connectivity index (χ3n) is 6.95. The highest BCUT2D eigenvalue weighted by molar-refractivity contribution is 9.09. The zero-order valence-corrected chi connectivity index (χ0v) is 26.1. The van der Waals surface area contributed by atoms with Crippen LogP contribution in [0.15, 0.2) is 53.9 Å². The summed E-state index contributed by atoms with van der Waals surface area (Å²) in [4.78, 5) is 22.6. The van der Waals surface area contributed by atoms with E-state index in [1.165, 1.54) is 12.5 Å². The van der Waals surface area contributed by atoms with E-state index in [1.807, 2.05) is 24.3 Å². The van der Waals surface area contributed by atoms with E-state index >= 15 is 0 Å². The predicted molar refractivity (Wildman–Crippen MR) is 157 cm³/mol. The standard InChI is InChI=1S/C26H31BrN6O7S2/c1-26(2)39-23-17(14-38-42(28,36)37)11-21(24(23)40-26)31-25-19(12-29-15-30-25)22(34)20-6-8-33(32-20)13-16-4-3-5-18(10-16)41(35)9-7-27/h3-6,8,10,12,15,17,21,23-24H,7,9,11,13-14H2,1-2H3,(H2,28,36,37)(H,29,30,31)/t17-,21-,23-,24+,41?/m1/s1. The molecule has 2 aliphatic rings. The van der Waals surface area contributed by atoms with Gasteiger partial charge in [-0.3, -0.25) is 17.9 Å². The number of benzene rings is 1. The summed E-state index contributed by atoms with van der Waals surface area (Å²) in [5, 5.41) is 13.4. The smallest absolute Gasteiger partial charge is 0.333 e. The van der Waals surface area contributed by atoms with Crippen molar-refractivity contribution >= 4 is 48.6 Å². The minimum Gasteiger partial charge on any atom is -0.364 e. The molecule has 0 amide bonds. The predicted octanol–water partition coefficient (Wildman–Crippen LogP) is 2.00. The number of anilines is 1. The van der Waals surface area contributed by atoms with Crippen molar-refractivity contribution in [2.24, 2.45) is 11.1 Å².